The van der Waals surface area contributed by atoms with Crippen LogP contribution >= 0.6 is 11.6 Å². The zero-order valence-corrected chi connectivity index (χ0v) is 15.7. The number of pyridine rings is 1. The number of halogens is 1. The molecule has 0 aliphatic heterocycles. The molecule has 3 rings (SSSR count). The van der Waals surface area contributed by atoms with E-state index in [2.05, 4.69) is 15.6 Å². The Kier molecular flexibility index (Phi) is 5.52. The van der Waals surface area contributed by atoms with Crippen LogP contribution in [0.2, 0.25) is 5.02 Å². The molecule has 1 aromatic heterocycles. The van der Waals surface area contributed by atoms with Crippen LogP contribution in [0.4, 0.5) is 11.4 Å². The molecule has 1 heterocycles. The molecular formula is C21H18ClN3O2. The molecule has 27 heavy (non-hydrogen) atoms. The van der Waals surface area contributed by atoms with E-state index >= 15 is 0 Å². The number of nitrogens with zero attached hydrogens (tertiary/aromatic N) is 1. The fraction of sp³-hybridized carbons (Fsp3) is 0.0952. The molecule has 0 spiro atoms. The third kappa shape index (κ3) is 4.51. The molecule has 0 aliphatic carbocycles. The van der Waals surface area contributed by atoms with Crippen LogP contribution in [0, 0.1) is 13.8 Å². The minimum atomic E-state index is -0.368. The van der Waals surface area contributed by atoms with Crippen molar-refractivity contribution < 1.29 is 9.59 Å². The van der Waals surface area contributed by atoms with Crippen LogP contribution < -0.4 is 10.6 Å². The number of carbonyl (C=O) groups excluding carboxylic acids is 2. The number of anilines is 2. The fourth-order valence-corrected chi connectivity index (χ4v) is 2.65. The quantitative estimate of drug-likeness (QED) is 0.680. The Morgan fingerprint density at radius 1 is 0.852 bits per heavy atom. The first kappa shape index (κ1) is 18.6. The van der Waals surface area contributed by atoms with Gasteiger partial charge < -0.3 is 10.6 Å². The van der Waals surface area contributed by atoms with Gasteiger partial charge in [-0.15, -0.1) is 0 Å². The van der Waals surface area contributed by atoms with Gasteiger partial charge in [0.05, 0.1) is 11.1 Å². The number of carbonyl (C=O) groups is 2. The van der Waals surface area contributed by atoms with Gasteiger partial charge in [-0.1, -0.05) is 35.9 Å². The lowest BCUT2D eigenvalue weighted by molar-refractivity contribution is 0.102. The van der Waals surface area contributed by atoms with Gasteiger partial charge >= 0.3 is 0 Å². The Labute approximate surface area is 162 Å². The van der Waals surface area contributed by atoms with Crippen LogP contribution in [0.5, 0.6) is 0 Å². The molecule has 6 heteroatoms. The van der Waals surface area contributed by atoms with Crippen LogP contribution in [0.25, 0.3) is 0 Å². The van der Waals surface area contributed by atoms with E-state index in [1.807, 2.05) is 44.2 Å². The van der Waals surface area contributed by atoms with E-state index < -0.39 is 0 Å². The van der Waals surface area contributed by atoms with Gasteiger partial charge in [-0.2, -0.15) is 0 Å². The van der Waals surface area contributed by atoms with E-state index in [1.54, 1.807) is 12.1 Å². The largest absolute Gasteiger partial charge is 0.322 e. The second kappa shape index (κ2) is 8.01. The first-order chi connectivity index (χ1) is 12.9. The van der Waals surface area contributed by atoms with Gasteiger partial charge in [-0.25, -0.2) is 0 Å². The van der Waals surface area contributed by atoms with Crippen LogP contribution in [0.1, 0.15) is 31.8 Å². The normalized spacial score (nSPS) is 10.3. The lowest BCUT2D eigenvalue weighted by atomic mass is 10.1. The summed E-state index contributed by atoms with van der Waals surface area (Å²) in [4.78, 5) is 29.0. The zero-order valence-electron chi connectivity index (χ0n) is 14.9. The highest BCUT2D eigenvalue weighted by molar-refractivity contribution is 6.31. The molecule has 2 aromatic carbocycles. The van der Waals surface area contributed by atoms with Crippen LogP contribution in [0.15, 0.2) is 60.9 Å². The first-order valence-electron chi connectivity index (χ1n) is 8.33. The molecule has 0 bridgehead atoms. The predicted octanol–water partition coefficient (Wildman–Crippen LogP) is 4.86. The van der Waals surface area contributed by atoms with Crippen molar-refractivity contribution in [2.24, 2.45) is 0 Å². The maximum atomic E-state index is 12.5. The number of aryl methyl sites for hydroxylation is 2. The molecule has 0 radical (unpaired) electrons. The summed E-state index contributed by atoms with van der Waals surface area (Å²) in [5, 5.41) is 6.15. The van der Waals surface area contributed by atoms with E-state index in [1.165, 1.54) is 18.5 Å². The highest BCUT2D eigenvalue weighted by Gasteiger charge is 2.13. The lowest BCUT2D eigenvalue weighted by Gasteiger charge is -2.09. The molecule has 0 saturated heterocycles. The van der Waals surface area contributed by atoms with Crippen molar-refractivity contribution in [3.63, 3.8) is 0 Å². The molecule has 0 saturated carbocycles. The summed E-state index contributed by atoms with van der Waals surface area (Å²) in [5.41, 5.74) is 3.74. The maximum Gasteiger partial charge on any atom is 0.257 e. The monoisotopic (exact) mass is 379 g/mol. The smallest absolute Gasteiger partial charge is 0.257 e. The van der Waals surface area contributed by atoms with Crippen molar-refractivity contribution in [2.75, 3.05) is 10.6 Å². The second-order valence-corrected chi connectivity index (χ2v) is 6.56. The van der Waals surface area contributed by atoms with E-state index in [-0.39, 0.29) is 17.4 Å². The zero-order chi connectivity index (χ0) is 19.4. The van der Waals surface area contributed by atoms with Gasteiger partial charge in [0, 0.05) is 28.8 Å². The third-order valence-corrected chi connectivity index (χ3v) is 4.49. The number of hydrogen-bond acceptors (Lipinski definition) is 3. The van der Waals surface area contributed by atoms with Gasteiger partial charge in [-0.3, -0.25) is 14.6 Å². The molecule has 2 N–H and O–H groups in total. The number of para-hydroxylation sites is 1. The van der Waals surface area contributed by atoms with E-state index in [4.69, 9.17) is 11.6 Å². The summed E-state index contributed by atoms with van der Waals surface area (Å²) >= 11 is 6.08. The predicted molar refractivity (Wildman–Crippen MR) is 108 cm³/mol. The van der Waals surface area contributed by atoms with Gasteiger partial charge in [0.1, 0.15) is 0 Å². The molecule has 3 aromatic rings. The van der Waals surface area contributed by atoms with Gasteiger partial charge in [0.25, 0.3) is 11.8 Å². The Hall–Kier alpha value is -3.18. The van der Waals surface area contributed by atoms with E-state index in [0.29, 0.717) is 22.0 Å². The van der Waals surface area contributed by atoms with Crippen molar-refractivity contribution in [3.8, 4) is 0 Å². The molecule has 0 fully saturated rings. The molecule has 0 aliphatic rings. The number of aromatic nitrogens is 1. The van der Waals surface area contributed by atoms with Crippen molar-refractivity contribution in [3.05, 3.63) is 88.2 Å². The number of amides is 2. The number of nitrogens with one attached hydrogen (secondary N) is 2. The van der Waals surface area contributed by atoms with Crippen molar-refractivity contribution >= 4 is 34.8 Å². The average Bonchev–Trinajstić information content (AvgIpc) is 2.66. The highest BCUT2D eigenvalue weighted by atomic mass is 35.5. The van der Waals surface area contributed by atoms with Crippen molar-refractivity contribution in [1.82, 2.24) is 4.98 Å². The maximum absolute atomic E-state index is 12.5. The fourth-order valence-electron chi connectivity index (χ4n) is 2.47. The Morgan fingerprint density at radius 3 is 2.19 bits per heavy atom. The summed E-state index contributed by atoms with van der Waals surface area (Å²) in [6, 6.07) is 14.2. The minimum Gasteiger partial charge on any atom is -0.322 e. The standard InChI is InChI=1S/C21H18ClN3O2/c1-13-7-8-17(10-18(13)22)24-20(26)15-9-16(12-23-11-15)21(27)25-19-6-4-3-5-14(19)2/h3-12H,1-2H3,(H,24,26)(H,25,27). The van der Waals surface area contributed by atoms with Gasteiger partial charge in [0.15, 0.2) is 0 Å². The molecule has 5 nitrogen and oxygen atoms in total. The number of rotatable bonds is 4. The first-order valence-corrected chi connectivity index (χ1v) is 8.71. The molecule has 0 atom stereocenters. The molecule has 2 amide bonds. The van der Waals surface area contributed by atoms with Crippen LogP contribution in [-0.4, -0.2) is 16.8 Å². The topological polar surface area (TPSA) is 71.1 Å². The van der Waals surface area contributed by atoms with Gasteiger partial charge in [0.2, 0.25) is 0 Å². The summed E-state index contributed by atoms with van der Waals surface area (Å²) < 4.78 is 0. The SMILES string of the molecule is Cc1ccc(NC(=O)c2cncc(C(=O)Nc3ccccc3C)c2)cc1Cl. The van der Waals surface area contributed by atoms with E-state index in [0.717, 1.165) is 11.1 Å². The molecule has 0 unspecified atom stereocenters. The summed E-state index contributed by atoms with van der Waals surface area (Å²) in [6.07, 6.45) is 2.84. The van der Waals surface area contributed by atoms with Gasteiger partial charge in [-0.05, 0) is 49.2 Å². The highest BCUT2D eigenvalue weighted by Crippen LogP contribution is 2.21. The molecule has 136 valence electrons. The Morgan fingerprint density at radius 2 is 1.52 bits per heavy atom. The Balaban J connectivity index is 1.76. The van der Waals surface area contributed by atoms with E-state index in [9.17, 15) is 9.59 Å². The third-order valence-electron chi connectivity index (χ3n) is 4.09. The number of benzene rings is 2. The van der Waals surface area contributed by atoms with Crippen molar-refractivity contribution in [2.45, 2.75) is 13.8 Å². The number of hydrogen-bond donors (Lipinski definition) is 2. The average molecular weight is 380 g/mol. The second-order valence-electron chi connectivity index (χ2n) is 6.15. The van der Waals surface area contributed by atoms with Crippen LogP contribution in [-0.2, 0) is 0 Å². The lowest BCUT2D eigenvalue weighted by Crippen LogP contribution is -2.16. The van der Waals surface area contributed by atoms with Crippen molar-refractivity contribution in [1.29, 1.82) is 0 Å². The molecular weight excluding hydrogens is 362 g/mol. The minimum absolute atomic E-state index is 0.282. The Bertz CT molecular complexity index is 1020. The summed E-state index contributed by atoms with van der Waals surface area (Å²) in [6.45, 7) is 3.79. The summed E-state index contributed by atoms with van der Waals surface area (Å²) in [7, 11) is 0. The van der Waals surface area contributed by atoms with Crippen LogP contribution in [0.3, 0.4) is 0 Å². The summed E-state index contributed by atoms with van der Waals surface area (Å²) in [5.74, 6) is -0.696.